The first kappa shape index (κ1) is 20.4. The van der Waals surface area contributed by atoms with Gasteiger partial charge in [-0.15, -0.1) is 0 Å². The van der Waals surface area contributed by atoms with Crippen molar-refractivity contribution in [1.82, 2.24) is 14.8 Å². The summed E-state index contributed by atoms with van der Waals surface area (Å²) in [5, 5.41) is 8.33. The number of rotatable bonds is 4. The van der Waals surface area contributed by atoms with E-state index in [-0.39, 0.29) is 6.04 Å². The third kappa shape index (κ3) is 3.04. The summed E-state index contributed by atoms with van der Waals surface area (Å²) in [4.78, 5) is 4.68. The zero-order chi connectivity index (χ0) is 23.2. The van der Waals surface area contributed by atoms with Gasteiger partial charge < -0.3 is 19.5 Å². The van der Waals surface area contributed by atoms with Crippen molar-refractivity contribution < 1.29 is 14.2 Å². The Balaban J connectivity index is 1.67. The molecule has 0 saturated carbocycles. The van der Waals surface area contributed by atoms with Gasteiger partial charge in [0.05, 0.1) is 19.9 Å². The number of nitrogens with one attached hydrogen (secondary N) is 1. The van der Waals surface area contributed by atoms with Gasteiger partial charge in [0.1, 0.15) is 29.1 Å². The van der Waals surface area contributed by atoms with Gasteiger partial charge in [0.15, 0.2) is 6.10 Å². The lowest BCUT2D eigenvalue weighted by molar-refractivity contribution is 0.217. The van der Waals surface area contributed by atoms with E-state index in [1.807, 2.05) is 72.3 Å². The average molecular weight is 453 g/mol. The van der Waals surface area contributed by atoms with Crippen LogP contribution in [0.15, 0.2) is 78.4 Å². The van der Waals surface area contributed by atoms with Crippen molar-refractivity contribution in [2.75, 3.05) is 19.5 Å². The normalized spacial score (nSPS) is 18.2. The highest BCUT2D eigenvalue weighted by molar-refractivity contribution is 5.85. The Hall–Kier alpha value is -4.26. The van der Waals surface area contributed by atoms with Crippen LogP contribution in [0.4, 0.5) is 5.95 Å². The standard InChI is InChI=1S/C27H24N4O3/c1-16-28-27-29-24-17-10-4-9-15-22(17)34-26(19-12-6-8-14-21(19)33-3)23(24)25(31(27)30-16)18-11-5-7-13-20(18)32-2/h4-15,25-26H,1-3H3,(H,28,29,30)/t25-,26+/m1/s1. The average Bonchev–Trinajstić information content (AvgIpc) is 3.26. The number of ether oxygens (including phenoxy) is 3. The van der Waals surface area contributed by atoms with Crippen molar-refractivity contribution in [2.24, 2.45) is 0 Å². The van der Waals surface area contributed by atoms with E-state index in [0.29, 0.717) is 11.8 Å². The Morgan fingerprint density at radius 3 is 2.26 bits per heavy atom. The number of fused-ring (bicyclic) bond motifs is 3. The van der Waals surface area contributed by atoms with Crippen LogP contribution in [-0.2, 0) is 0 Å². The van der Waals surface area contributed by atoms with Crippen molar-refractivity contribution in [3.63, 3.8) is 0 Å². The Kier molecular flexibility index (Phi) is 4.76. The lowest BCUT2D eigenvalue weighted by Gasteiger charge is -2.39. The number of benzene rings is 3. The van der Waals surface area contributed by atoms with Gasteiger partial charge in [-0.25, -0.2) is 4.68 Å². The molecule has 3 aromatic carbocycles. The van der Waals surface area contributed by atoms with Crippen LogP contribution < -0.4 is 19.5 Å². The zero-order valence-corrected chi connectivity index (χ0v) is 19.1. The van der Waals surface area contributed by atoms with Crippen molar-refractivity contribution >= 4 is 11.6 Å². The summed E-state index contributed by atoms with van der Waals surface area (Å²) in [6.07, 6.45) is -0.416. The van der Waals surface area contributed by atoms with Crippen molar-refractivity contribution in [1.29, 1.82) is 0 Å². The Morgan fingerprint density at radius 1 is 0.853 bits per heavy atom. The van der Waals surface area contributed by atoms with E-state index in [9.17, 15) is 0 Å². The number of aromatic nitrogens is 3. The van der Waals surface area contributed by atoms with E-state index in [0.717, 1.165) is 45.2 Å². The highest BCUT2D eigenvalue weighted by Gasteiger charge is 2.42. The topological polar surface area (TPSA) is 70.4 Å². The molecule has 3 heterocycles. The van der Waals surface area contributed by atoms with Crippen LogP contribution in [0, 0.1) is 6.92 Å². The number of aryl methyl sites for hydroxylation is 1. The molecule has 0 aliphatic carbocycles. The molecule has 0 amide bonds. The van der Waals surface area contributed by atoms with Crippen molar-refractivity contribution in [3.8, 4) is 17.2 Å². The minimum Gasteiger partial charge on any atom is -0.496 e. The van der Waals surface area contributed by atoms with Gasteiger partial charge in [0.25, 0.3) is 0 Å². The van der Waals surface area contributed by atoms with Gasteiger partial charge in [-0.2, -0.15) is 10.1 Å². The van der Waals surface area contributed by atoms with Gasteiger partial charge in [0.2, 0.25) is 5.95 Å². The second-order valence-electron chi connectivity index (χ2n) is 8.26. The SMILES string of the molecule is COc1ccccc1[C@@H]1Oc2ccccc2C2=C1[C@@H](c1ccccc1OC)n1nc(C)nc1N2. The first-order valence-corrected chi connectivity index (χ1v) is 11.2. The zero-order valence-electron chi connectivity index (χ0n) is 19.1. The van der Waals surface area contributed by atoms with Crippen LogP contribution in [0.5, 0.6) is 17.2 Å². The highest BCUT2D eigenvalue weighted by atomic mass is 16.5. The first-order valence-electron chi connectivity index (χ1n) is 11.2. The van der Waals surface area contributed by atoms with Crippen LogP contribution in [0.25, 0.3) is 5.70 Å². The molecule has 170 valence electrons. The smallest absolute Gasteiger partial charge is 0.226 e. The number of hydrogen-bond acceptors (Lipinski definition) is 6. The molecule has 0 spiro atoms. The van der Waals surface area contributed by atoms with Crippen LogP contribution in [0.2, 0.25) is 0 Å². The summed E-state index contributed by atoms with van der Waals surface area (Å²) in [5.74, 6) is 3.71. The largest absolute Gasteiger partial charge is 0.496 e. The molecular weight excluding hydrogens is 428 g/mol. The van der Waals surface area contributed by atoms with Crippen LogP contribution in [0.1, 0.15) is 34.7 Å². The number of anilines is 1. The fourth-order valence-electron chi connectivity index (χ4n) is 4.92. The number of nitrogens with zero attached hydrogens (tertiary/aromatic N) is 3. The summed E-state index contributed by atoms with van der Waals surface area (Å²) in [6, 6.07) is 23.7. The molecule has 4 aromatic rings. The predicted octanol–water partition coefficient (Wildman–Crippen LogP) is 5.16. The minimum atomic E-state index is -0.416. The van der Waals surface area contributed by atoms with Crippen LogP contribution in [-0.4, -0.2) is 29.0 Å². The quantitative estimate of drug-likeness (QED) is 0.461. The molecule has 0 radical (unpaired) electrons. The van der Waals surface area contributed by atoms with E-state index >= 15 is 0 Å². The van der Waals surface area contributed by atoms with Crippen molar-refractivity contribution in [2.45, 2.75) is 19.1 Å². The van der Waals surface area contributed by atoms with Gasteiger partial charge in [-0.05, 0) is 31.2 Å². The monoisotopic (exact) mass is 452 g/mol. The lowest BCUT2D eigenvalue weighted by atomic mass is 9.84. The molecule has 1 N–H and O–H groups in total. The number of methoxy groups -OCH3 is 2. The van der Waals surface area contributed by atoms with E-state index < -0.39 is 6.10 Å². The third-order valence-corrected chi connectivity index (χ3v) is 6.34. The maximum atomic E-state index is 6.70. The fraction of sp³-hybridized carbons (Fsp3) is 0.185. The molecule has 2 aliphatic heterocycles. The number of hydrogen-bond donors (Lipinski definition) is 1. The summed E-state index contributed by atoms with van der Waals surface area (Å²) in [5.41, 5.74) is 4.89. The predicted molar refractivity (Wildman–Crippen MR) is 129 cm³/mol. The highest BCUT2D eigenvalue weighted by Crippen LogP contribution is 2.52. The number of para-hydroxylation sites is 3. The summed E-state index contributed by atoms with van der Waals surface area (Å²) >= 11 is 0. The second kappa shape index (κ2) is 7.95. The molecule has 34 heavy (non-hydrogen) atoms. The minimum absolute atomic E-state index is 0.299. The molecular formula is C27H24N4O3. The maximum Gasteiger partial charge on any atom is 0.226 e. The molecule has 7 nitrogen and oxygen atoms in total. The van der Waals surface area contributed by atoms with Gasteiger partial charge in [-0.3, -0.25) is 0 Å². The summed E-state index contributed by atoms with van der Waals surface area (Å²) in [7, 11) is 3.37. The first-order chi connectivity index (χ1) is 16.7. The van der Waals surface area contributed by atoms with Crippen LogP contribution >= 0.6 is 0 Å². The fourth-order valence-corrected chi connectivity index (χ4v) is 4.92. The van der Waals surface area contributed by atoms with Gasteiger partial charge in [0, 0.05) is 22.3 Å². The van der Waals surface area contributed by atoms with E-state index in [4.69, 9.17) is 19.3 Å². The lowest BCUT2D eigenvalue weighted by Crippen LogP contribution is -2.32. The van der Waals surface area contributed by atoms with E-state index in [2.05, 4.69) is 22.4 Å². The summed E-state index contributed by atoms with van der Waals surface area (Å²) in [6.45, 7) is 1.90. The third-order valence-electron chi connectivity index (χ3n) is 6.34. The molecule has 0 bridgehead atoms. The van der Waals surface area contributed by atoms with E-state index in [1.165, 1.54) is 0 Å². The molecule has 6 rings (SSSR count). The van der Waals surface area contributed by atoms with Gasteiger partial charge in [-0.1, -0.05) is 48.5 Å². The Bertz CT molecular complexity index is 1420. The molecule has 1 aromatic heterocycles. The molecule has 0 saturated heterocycles. The molecule has 0 unspecified atom stereocenters. The van der Waals surface area contributed by atoms with Crippen molar-refractivity contribution in [3.05, 3.63) is 101 Å². The van der Waals surface area contributed by atoms with E-state index in [1.54, 1.807) is 14.2 Å². The second-order valence-corrected chi connectivity index (χ2v) is 8.26. The Labute approximate surface area is 197 Å². The molecule has 0 fully saturated rings. The Morgan fingerprint density at radius 2 is 1.50 bits per heavy atom. The molecule has 7 heteroatoms. The maximum absolute atomic E-state index is 6.70. The molecule has 2 aliphatic rings. The molecule has 2 atom stereocenters. The van der Waals surface area contributed by atoms with Crippen LogP contribution in [0.3, 0.4) is 0 Å². The summed E-state index contributed by atoms with van der Waals surface area (Å²) < 4.78 is 20.1. The van der Waals surface area contributed by atoms with Gasteiger partial charge >= 0.3 is 0 Å².